The summed E-state index contributed by atoms with van der Waals surface area (Å²) >= 11 is 0. The number of carbonyl (C=O) groups excluding carboxylic acids is 1. The number of pyridine rings is 1. The first kappa shape index (κ1) is 18.3. The molecule has 0 radical (unpaired) electrons. The summed E-state index contributed by atoms with van der Waals surface area (Å²) in [4.78, 5) is 18.9. The van der Waals surface area contributed by atoms with Gasteiger partial charge in [0.05, 0.1) is 23.4 Å². The second-order valence-electron chi connectivity index (χ2n) is 8.68. The van der Waals surface area contributed by atoms with Crippen molar-refractivity contribution >= 4 is 5.91 Å². The van der Waals surface area contributed by atoms with Gasteiger partial charge in [-0.05, 0) is 37.3 Å². The highest BCUT2D eigenvalue weighted by Gasteiger charge is 2.46. The molecule has 1 N–H and O–H groups in total. The second kappa shape index (κ2) is 6.69. The minimum Gasteiger partial charge on any atom is -0.393 e. The third-order valence-corrected chi connectivity index (χ3v) is 5.65. The van der Waals surface area contributed by atoms with E-state index in [9.17, 15) is 9.90 Å². The van der Waals surface area contributed by atoms with Gasteiger partial charge in [-0.3, -0.25) is 9.78 Å². The van der Waals surface area contributed by atoms with E-state index in [1.165, 1.54) is 0 Å². The van der Waals surface area contributed by atoms with Gasteiger partial charge < -0.3 is 14.7 Å². The van der Waals surface area contributed by atoms with Gasteiger partial charge in [0.25, 0.3) is 5.91 Å². The summed E-state index contributed by atoms with van der Waals surface area (Å²) in [5.74, 6) is 0.0455. The monoisotopic (exact) mass is 346 g/mol. The Balaban J connectivity index is 1.68. The predicted molar refractivity (Wildman–Crippen MR) is 96.4 cm³/mol. The minimum atomic E-state index is -0.319. The van der Waals surface area contributed by atoms with Crippen LogP contribution >= 0.6 is 0 Å². The summed E-state index contributed by atoms with van der Waals surface area (Å²) in [6, 6.07) is 3.64. The highest BCUT2D eigenvalue weighted by Crippen LogP contribution is 2.42. The third-order valence-electron chi connectivity index (χ3n) is 5.65. The summed E-state index contributed by atoms with van der Waals surface area (Å²) < 4.78 is 6.50. The Labute approximate surface area is 150 Å². The summed E-state index contributed by atoms with van der Waals surface area (Å²) in [6.07, 6.45) is 4.38. The Bertz CT molecular complexity index is 630. The molecule has 0 saturated carbocycles. The van der Waals surface area contributed by atoms with Crippen molar-refractivity contribution in [1.82, 2.24) is 9.88 Å². The number of aryl methyl sites for hydroxylation is 1. The van der Waals surface area contributed by atoms with Crippen molar-refractivity contribution in [2.75, 3.05) is 13.1 Å². The molecule has 2 aliphatic rings. The van der Waals surface area contributed by atoms with Crippen LogP contribution in [0, 0.1) is 12.3 Å². The zero-order chi connectivity index (χ0) is 18.2. The van der Waals surface area contributed by atoms with Crippen molar-refractivity contribution < 1.29 is 14.6 Å². The quantitative estimate of drug-likeness (QED) is 0.849. The number of carbonyl (C=O) groups is 1. The fraction of sp³-hybridized carbons (Fsp3) is 0.700. The van der Waals surface area contributed by atoms with E-state index in [4.69, 9.17) is 4.74 Å². The SMILES string of the molecule is Cc1ncccc1C(=O)N1CCC2(CC1)C[C@H](O)C[C@H](C(C)(C)C)O2. The van der Waals surface area contributed by atoms with Crippen LogP contribution in [-0.2, 0) is 4.74 Å². The average Bonchev–Trinajstić information content (AvgIpc) is 2.54. The molecular formula is C20H30N2O3. The van der Waals surface area contributed by atoms with Gasteiger partial charge >= 0.3 is 0 Å². The molecule has 3 rings (SSSR count). The van der Waals surface area contributed by atoms with Crippen molar-refractivity contribution in [1.29, 1.82) is 0 Å². The number of amides is 1. The molecule has 2 saturated heterocycles. The van der Waals surface area contributed by atoms with E-state index in [-0.39, 0.29) is 29.1 Å². The summed E-state index contributed by atoms with van der Waals surface area (Å²) in [5, 5.41) is 10.4. The van der Waals surface area contributed by atoms with Crippen molar-refractivity contribution in [3.05, 3.63) is 29.6 Å². The number of aliphatic hydroxyl groups excluding tert-OH is 1. The molecule has 1 aromatic rings. The van der Waals surface area contributed by atoms with Gasteiger partial charge in [0.1, 0.15) is 0 Å². The zero-order valence-corrected chi connectivity index (χ0v) is 15.8. The van der Waals surface area contributed by atoms with Crippen LogP contribution < -0.4 is 0 Å². The number of piperidine rings is 1. The standard InChI is InChI=1S/C20H30N2O3/c1-14-16(6-5-9-21-14)18(24)22-10-7-20(8-11-22)13-15(23)12-17(25-20)19(2,3)4/h5-6,9,15,17,23H,7-8,10-13H2,1-4H3/t15-,17-/m1/s1. The molecule has 3 heterocycles. The lowest BCUT2D eigenvalue weighted by Crippen LogP contribution is -2.55. The minimum absolute atomic E-state index is 0.00811. The van der Waals surface area contributed by atoms with Gasteiger partial charge in [0, 0.05) is 37.8 Å². The highest BCUT2D eigenvalue weighted by molar-refractivity contribution is 5.95. The largest absolute Gasteiger partial charge is 0.393 e. The average molecular weight is 346 g/mol. The van der Waals surface area contributed by atoms with E-state index >= 15 is 0 Å². The topological polar surface area (TPSA) is 62.7 Å². The molecule has 2 aliphatic heterocycles. The first-order valence-electron chi connectivity index (χ1n) is 9.27. The summed E-state index contributed by atoms with van der Waals surface area (Å²) in [7, 11) is 0. The first-order chi connectivity index (χ1) is 11.7. The smallest absolute Gasteiger partial charge is 0.255 e. The first-order valence-corrected chi connectivity index (χ1v) is 9.27. The van der Waals surface area contributed by atoms with E-state index in [1.807, 2.05) is 17.9 Å². The van der Waals surface area contributed by atoms with Gasteiger partial charge in [-0.25, -0.2) is 0 Å². The molecule has 1 amide bonds. The Morgan fingerprint density at radius 3 is 2.64 bits per heavy atom. The van der Waals surface area contributed by atoms with E-state index in [0.29, 0.717) is 31.5 Å². The summed E-state index contributed by atoms with van der Waals surface area (Å²) in [5.41, 5.74) is 1.16. The van der Waals surface area contributed by atoms with Crippen LogP contribution in [0.25, 0.3) is 0 Å². The molecule has 5 nitrogen and oxygen atoms in total. The highest BCUT2D eigenvalue weighted by atomic mass is 16.5. The van der Waals surface area contributed by atoms with Crippen molar-refractivity contribution in [3.63, 3.8) is 0 Å². The fourth-order valence-corrected chi connectivity index (χ4v) is 4.01. The molecule has 1 spiro atoms. The lowest BCUT2D eigenvalue weighted by atomic mass is 9.76. The normalized spacial score (nSPS) is 26.7. The maximum atomic E-state index is 12.8. The van der Waals surface area contributed by atoms with Crippen LogP contribution in [-0.4, -0.2) is 51.8 Å². The van der Waals surface area contributed by atoms with Crippen LogP contribution in [0.3, 0.4) is 0 Å². The Hall–Kier alpha value is -1.46. The molecule has 2 fully saturated rings. The molecule has 1 aromatic heterocycles. The molecule has 0 unspecified atom stereocenters. The van der Waals surface area contributed by atoms with Crippen LogP contribution in [0.2, 0.25) is 0 Å². The molecule has 138 valence electrons. The van der Waals surface area contributed by atoms with E-state index < -0.39 is 0 Å². The molecular weight excluding hydrogens is 316 g/mol. The van der Waals surface area contributed by atoms with Gasteiger partial charge in [-0.2, -0.15) is 0 Å². The van der Waals surface area contributed by atoms with Gasteiger partial charge in [-0.1, -0.05) is 20.8 Å². The number of likely N-dealkylation sites (tertiary alicyclic amines) is 1. The molecule has 25 heavy (non-hydrogen) atoms. The number of nitrogens with zero attached hydrogens (tertiary/aromatic N) is 2. The van der Waals surface area contributed by atoms with E-state index in [1.54, 1.807) is 12.3 Å². The molecule has 2 atom stereocenters. The molecule has 0 aromatic carbocycles. The summed E-state index contributed by atoms with van der Waals surface area (Å²) in [6.45, 7) is 9.68. The predicted octanol–water partition coefficient (Wildman–Crippen LogP) is 2.95. The maximum absolute atomic E-state index is 12.8. The lowest BCUT2D eigenvalue weighted by Gasteiger charge is -2.50. The second-order valence-corrected chi connectivity index (χ2v) is 8.68. The van der Waals surface area contributed by atoms with Gasteiger partial charge in [-0.15, -0.1) is 0 Å². The van der Waals surface area contributed by atoms with Gasteiger partial charge in [0.15, 0.2) is 0 Å². The van der Waals surface area contributed by atoms with Crippen LogP contribution in [0.5, 0.6) is 0 Å². The lowest BCUT2D eigenvalue weighted by molar-refractivity contribution is -0.205. The van der Waals surface area contributed by atoms with Crippen LogP contribution in [0.4, 0.5) is 0 Å². The number of hydrogen-bond acceptors (Lipinski definition) is 4. The number of rotatable bonds is 1. The Morgan fingerprint density at radius 1 is 1.36 bits per heavy atom. The van der Waals surface area contributed by atoms with E-state index in [0.717, 1.165) is 18.5 Å². The Morgan fingerprint density at radius 2 is 2.04 bits per heavy atom. The van der Waals surface area contributed by atoms with Crippen molar-refractivity contribution in [2.45, 2.75) is 71.2 Å². The molecule has 0 aliphatic carbocycles. The number of ether oxygens (including phenoxy) is 1. The molecule has 0 bridgehead atoms. The van der Waals surface area contributed by atoms with Crippen LogP contribution in [0.15, 0.2) is 18.3 Å². The van der Waals surface area contributed by atoms with Gasteiger partial charge in [0.2, 0.25) is 0 Å². The molecule has 5 heteroatoms. The van der Waals surface area contributed by atoms with Crippen molar-refractivity contribution in [2.24, 2.45) is 5.41 Å². The number of aromatic nitrogens is 1. The number of aliphatic hydroxyl groups is 1. The maximum Gasteiger partial charge on any atom is 0.255 e. The number of hydrogen-bond donors (Lipinski definition) is 1. The zero-order valence-electron chi connectivity index (χ0n) is 15.8. The van der Waals surface area contributed by atoms with Crippen molar-refractivity contribution in [3.8, 4) is 0 Å². The Kier molecular flexibility index (Phi) is 4.91. The van der Waals surface area contributed by atoms with Crippen LogP contribution in [0.1, 0.15) is 62.5 Å². The van der Waals surface area contributed by atoms with E-state index in [2.05, 4.69) is 25.8 Å². The third kappa shape index (κ3) is 3.87. The fourth-order valence-electron chi connectivity index (χ4n) is 4.01.